The normalized spacial score (nSPS) is 14.9. The summed E-state index contributed by atoms with van der Waals surface area (Å²) in [5.41, 5.74) is 6.84. The van der Waals surface area contributed by atoms with Crippen LogP contribution in [0.2, 0.25) is 0 Å². The van der Waals surface area contributed by atoms with E-state index in [4.69, 9.17) is 10.8 Å². The van der Waals surface area contributed by atoms with Crippen LogP contribution in [0.25, 0.3) is 0 Å². The number of halogens is 1. The summed E-state index contributed by atoms with van der Waals surface area (Å²) in [7, 11) is 1.94. The maximum atomic E-state index is 13.2. The smallest absolute Gasteiger partial charge is 0.123 e. The number of rotatable bonds is 6. The third kappa shape index (κ3) is 4.07. The first-order valence-corrected chi connectivity index (χ1v) is 5.88. The molecule has 0 aliphatic heterocycles. The second-order valence-corrected chi connectivity index (χ2v) is 4.42. The van der Waals surface area contributed by atoms with E-state index in [-0.39, 0.29) is 24.5 Å². The molecule has 0 saturated carbocycles. The number of hydrogen-bond acceptors (Lipinski definition) is 3. The molecular weight excluding hydrogens is 219 g/mol. The third-order valence-electron chi connectivity index (χ3n) is 2.83. The lowest BCUT2D eigenvalue weighted by Gasteiger charge is -2.31. The molecule has 17 heavy (non-hydrogen) atoms. The minimum atomic E-state index is -0.247. The van der Waals surface area contributed by atoms with Crippen molar-refractivity contribution in [3.8, 4) is 0 Å². The Morgan fingerprint density at radius 2 is 2.18 bits per heavy atom. The van der Waals surface area contributed by atoms with Crippen LogP contribution in [0.1, 0.15) is 24.9 Å². The number of benzene rings is 1. The molecule has 1 aromatic carbocycles. The van der Waals surface area contributed by atoms with Crippen LogP contribution >= 0.6 is 0 Å². The summed E-state index contributed by atoms with van der Waals surface area (Å²) in [6, 6.07) is 6.39. The van der Waals surface area contributed by atoms with Gasteiger partial charge in [0.25, 0.3) is 0 Å². The fraction of sp³-hybridized carbons (Fsp3) is 0.538. The van der Waals surface area contributed by atoms with Gasteiger partial charge in [0, 0.05) is 25.2 Å². The van der Waals surface area contributed by atoms with Gasteiger partial charge in [0.1, 0.15) is 5.82 Å². The van der Waals surface area contributed by atoms with Gasteiger partial charge in [-0.3, -0.25) is 4.90 Å². The Kier molecular flexibility index (Phi) is 5.55. The standard InChI is InChI=1S/C13H21FN2O/c1-10(15)13(16(2)7-4-8-17)11-5-3-6-12(14)9-11/h3,5-6,9-10,13,17H,4,7-8,15H2,1-2H3. The van der Waals surface area contributed by atoms with E-state index in [2.05, 4.69) is 4.90 Å². The zero-order valence-corrected chi connectivity index (χ0v) is 10.4. The minimum Gasteiger partial charge on any atom is -0.396 e. The second kappa shape index (κ2) is 6.69. The monoisotopic (exact) mass is 240 g/mol. The van der Waals surface area contributed by atoms with Gasteiger partial charge in [-0.2, -0.15) is 0 Å². The zero-order valence-electron chi connectivity index (χ0n) is 10.4. The van der Waals surface area contributed by atoms with E-state index in [1.165, 1.54) is 12.1 Å². The number of nitrogens with two attached hydrogens (primary N) is 1. The van der Waals surface area contributed by atoms with Crippen molar-refractivity contribution in [1.29, 1.82) is 0 Å². The average molecular weight is 240 g/mol. The molecule has 1 aromatic rings. The number of aliphatic hydroxyl groups is 1. The zero-order chi connectivity index (χ0) is 12.8. The summed E-state index contributed by atoms with van der Waals surface area (Å²) in [6.45, 7) is 2.80. The fourth-order valence-electron chi connectivity index (χ4n) is 2.11. The average Bonchev–Trinajstić information content (AvgIpc) is 2.26. The van der Waals surface area contributed by atoms with E-state index in [9.17, 15) is 4.39 Å². The van der Waals surface area contributed by atoms with E-state index >= 15 is 0 Å². The fourth-order valence-corrected chi connectivity index (χ4v) is 2.11. The van der Waals surface area contributed by atoms with Gasteiger partial charge in [0.2, 0.25) is 0 Å². The van der Waals surface area contributed by atoms with Gasteiger partial charge < -0.3 is 10.8 Å². The van der Waals surface area contributed by atoms with E-state index in [1.807, 2.05) is 20.0 Å². The molecule has 4 heteroatoms. The van der Waals surface area contributed by atoms with Crippen molar-refractivity contribution in [3.05, 3.63) is 35.6 Å². The van der Waals surface area contributed by atoms with Crippen LogP contribution in [0.5, 0.6) is 0 Å². The summed E-state index contributed by atoms with van der Waals surface area (Å²) >= 11 is 0. The largest absolute Gasteiger partial charge is 0.396 e. The predicted octanol–water partition coefficient (Wildman–Crippen LogP) is 1.53. The van der Waals surface area contributed by atoms with E-state index in [0.29, 0.717) is 6.42 Å². The molecule has 0 aromatic heterocycles. The first-order chi connectivity index (χ1) is 8.06. The molecule has 3 nitrogen and oxygen atoms in total. The van der Waals surface area contributed by atoms with E-state index in [0.717, 1.165) is 12.1 Å². The molecule has 3 N–H and O–H groups in total. The molecule has 0 spiro atoms. The van der Waals surface area contributed by atoms with Gasteiger partial charge in [-0.25, -0.2) is 4.39 Å². The Bertz CT molecular complexity index is 344. The Morgan fingerprint density at radius 1 is 1.47 bits per heavy atom. The van der Waals surface area contributed by atoms with Crippen LogP contribution < -0.4 is 5.73 Å². The van der Waals surface area contributed by atoms with E-state index in [1.54, 1.807) is 6.07 Å². The molecule has 0 fully saturated rings. The van der Waals surface area contributed by atoms with Gasteiger partial charge in [0.05, 0.1) is 0 Å². The maximum absolute atomic E-state index is 13.2. The summed E-state index contributed by atoms with van der Waals surface area (Å²) in [5.74, 6) is -0.247. The number of aliphatic hydroxyl groups excluding tert-OH is 1. The maximum Gasteiger partial charge on any atom is 0.123 e. The van der Waals surface area contributed by atoms with Gasteiger partial charge in [-0.05, 0) is 38.1 Å². The van der Waals surface area contributed by atoms with Crippen LogP contribution in [0.3, 0.4) is 0 Å². The topological polar surface area (TPSA) is 49.5 Å². The molecule has 0 aliphatic carbocycles. The summed E-state index contributed by atoms with van der Waals surface area (Å²) < 4.78 is 13.2. The Labute approximate surface area is 102 Å². The van der Waals surface area contributed by atoms with Crippen molar-refractivity contribution >= 4 is 0 Å². The van der Waals surface area contributed by atoms with Gasteiger partial charge in [0.15, 0.2) is 0 Å². The van der Waals surface area contributed by atoms with Crippen molar-refractivity contribution in [2.45, 2.75) is 25.4 Å². The van der Waals surface area contributed by atoms with E-state index < -0.39 is 0 Å². The van der Waals surface area contributed by atoms with Crippen molar-refractivity contribution in [2.75, 3.05) is 20.2 Å². The van der Waals surface area contributed by atoms with Crippen LogP contribution in [-0.2, 0) is 0 Å². The van der Waals surface area contributed by atoms with Gasteiger partial charge in [-0.15, -0.1) is 0 Å². The van der Waals surface area contributed by atoms with Crippen LogP contribution in [-0.4, -0.2) is 36.2 Å². The number of hydrogen-bond donors (Lipinski definition) is 2. The number of likely N-dealkylation sites (N-methyl/N-ethyl adjacent to an activating group) is 1. The van der Waals surface area contributed by atoms with Gasteiger partial charge in [-0.1, -0.05) is 12.1 Å². The lowest BCUT2D eigenvalue weighted by molar-refractivity contribution is 0.191. The Hall–Kier alpha value is -0.970. The molecule has 0 heterocycles. The minimum absolute atomic E-state index is 0.0303. The van der Waals surface area contributed by atoms with Crippen LogP contribution in [0.4, 0.5) is 4.39 Å². The van der Waals surface area contributed by atoms with Crippen LogP contribution in [0, 0.1) is 5.82 Å². The van der Waals surface area contributed by atoms with Crippen molar-refractivity contribution in [1.82, 2.24) is 4.90 Å². The second-order valence-electron chi connectivity index (χ2n) is 4.42. The highest BCUT2D eigenvalue weighted by Crippen LogP contribution is 2.22. The molecule has 0 amide bonds. The van der Waals surface area contributed by atoms with Crippen molar-refractivity contribution < 1.29 is 9.50 Å². The summed E-state index contributed by atoms with van der Waals surface area (Å²) in [5, 5.41) is 8.83. The molecular formula is C13H21FN2O. The quantitative estimate of drug-likeness (QED) is 0.792. The highest BCUT2D eigenvalue weighted by Gasteiger charge is 2.21. The molecule has 0 aliphatic rings. The molecule has 0 bridgehead atoms. The molecule has 2 unspecified atom stereocenters. The van der Waals surface area contributed by atoms with Crippen LogP contribution in [0.15, 0.2) is 24.3 Å². The predicted molar refractivity (Wildman–Crippen MR) is 67.1 cm³/mol. The number of nitrogens with zero attached hydrogens (tertiary/aromatic N) is 1. The Morgan fingerprint density at radius 3 is 2.71 bits per heavy atom. The van der Waals surface area contributed by atoms with Crippen molar-refractivity contribution in [3.63, 3.8) is 0 Å². The summed E-state index contributed by atoms with van der Waals surface area (Å²) in [4.78, 5) is 2.05. The molecule has 0 radical (unpaired) electrons. The highest BCUT2D eigenvalue weighted by molar-refractivity contribution is 5.21. The first kappa shape index (κ1) is 14.1. The summed E-state index contributed by atoms with van der Waals surface area (Å²) in [6.07, 6.45) is 0.690. The lowest BCUT2D eigenvalue weighted by atomic mass is 9.99. The first-order valence-electron chi connectivity index (χ1n) is 5.88. The van der Waals surface area contributed by atoms with Gasteiger partial charge >= 0.3 is 0 Å². The van der Waals surface area contributed by atoms with Crippen molar-refractivity contribution in [2.24, 2.45) is 5.73 Å². The Balaban J connectivity index is 2.85. The molecule has 96 valence electrons. The lowest BCUT2D eigenvalue weighted by Crippen LogP contribution is -2.38. The third-order valence-corrected chi connectivity index (χ3v) is 2.83. The molecule has 2 atom stereocenters. The highest BCUT2D eigenvalue weighted by atomic mass is 19.1. The SMILES string of the molecule is CC(N)C(c1cccc(F)c1)N(C)CCCO. The molecule has 0 saturated heterocycles. The molecule has 1 rings (SSSR count).